The summed E-state index contributed by atoms with van der Waals surface area (Å²) < 4.78 is 9.94. The fraction of sp³-hybridized carbons (Fsp3) is 0.900. The second-order valence-corrected chi connectivity index (χ2v) is 3.49. The molecule has 0 bridgehead atoms. The van der Waals surface area contributed by atoms with Crippen LogP contribution in [-0.4, -0.2) is 25.8 Å². The van der Waals surface area contributed by atoms with Crippen LogP contribution in [0.5, 0.6) is 0 Å². The third kappa shape index (κ3) is 2.69. The Kier molecular flexibility index (Phi) is 4.99. The van der Waals surface area contributed by atoms with E-state index in [1.165, 1.54) is 7.11 Å². The molecule has 0 aromatic carbocycles. The van der Waals surface area contributed by atoms with Crippen LogP contribution in [0.2, 0.25) is 0 Å². The average Bonchev–Trinajstić information content (AvgIpc) is 2.15. The van der Waals surface area contributed by atoms with Crippen LogP contribution < -0.4 is 0 Å². The first-order valence-electron chi connectivity index (χ1n) is 4.66. The summed E-state index contributed by atoms with van der Waals surface area (Å²) in [6.45, 7) is 5.87. The number of carbonyl (C=O) groups excluding carboxylic acids is 1. The van der Waals surface area contributed by atoms with Gasteiger partial charge < -0.3 is 9.47 Å². The van der Waals surface area contributed by atoms with Gasteiger partial charge in [-0.25, -0.2) is 4.79 Å². The van der Waals surface area contributed by atoms with Crippen molar-refractivity contribution < 1.29 is 14.3 Å². The number of rotatable bonds is 5. The van der Waals surface area contributed by atoms with Crippen molar-refractivity contribution in [3.05, 3.63) is 0 Å². The van der Waals surface area contributed by atoms with Gasteiger partial charge in [-0.2, -0.15) is 0 Å². The van der Waals surface area contributed by atoms with Gasteiger partial charge >= 0.3 is 5.97 Å². The molecule has 2 atom stereocenters. The normalized spacial score (nSPS) is 17.6. The van der Waals surface area contributed by atoms with Crippen LogP contribution in [0, 0.1) is 5.92 Å². The smallest absolute Gasteiger partial charge is 0.338 e. The molecule has 0 radical (unpaired) electrons. The Morgan fingerprint density at radius 2 is 2.00 bits per heavy atom. The van der Waals surface area contributed by atoms with E-state index >= 15 is 0 Å². The molecule has 0 aliphatic carbocycles. The van der Waals surface area contributed by atoms with Gasteiger partial charge in [-0.15, -0.1) is 0 Å². The molecular weight excluding hydrogens is 168 g/mol. The van der Waals surface area contributed by atoms with Crippen molar-refractivity contribution in [3.63, 3.8) is 0 Å². The first-order valence-corrected chi connectivity index (χ1v) is 4.66. The van der Waals surface area contributed by atoms with E-state index in [0.717, 1.165) is 12.8 Å². The third-order valence-electron chi connectivity index (χ3n) is 2.68. The molecular formula is C10H20O3. The van der Waals surface area contributed by atoms with Crippen LogP contribution in [0.3, 0.4) is 0 Å². The SMILES string of the molecule is CCCC(C)C(C)(OC)C(=O)OC. The molecule has 0 heterocycles. The summed E-state index contributed by atoms with van der Waals surface area (Å²) in [5.74, 6) is -0.120. The molecule has 0 N–H and O–H groups in total. The van der Waals surface area contributed by atoms with Gasteiger partial charge in [-0.05, 0) is 19.3 Å². The maximum absolute atomic E-state index is 11.4. The molecule has 78 valence electrons. The first kappa shape index (κ1) is 12.4. The Bertz CT molecular complexity index is 168. The van der Waals surface area contributed by atoms with Crippen molar-refractivity contribution in [2.24, 2.45) is 5.92 Å². The Balaban J connectivity index is 4.51. The van der Waals surface area contributed by atoms with Gasteiger partial charge in [0.25, 0.3) is 0 Å². The van der Waals surface area contributed by atoms with E-state index < -0.39 is 5.60 Å². The van der Waals surface area contributed by atoms with Crippen molar-refractivity contribution in [3.8, 4) is 0 Å². The zero-order valence-corrected chi connectivity index (χ0v) is 9.22. The highest BCUT2D eigenvalue weighted by Crippen LogP contribution is 2.26. The lowest BCUT2D eigenvalue weighted by atomic mass is 9.87. The van der Waals surface area contributed by atoms with Crippen LogP contribution in [-0.2, 0) is 14.3 Å². The lowest BCUT2D eigenvalue weighted by Gasteiger charge is -2.31. The molecule has 0 spiro atoms. The topological polar surface area (TPSA) is 35.5 Å². The Labute approximate surface area is 80.4 Å². The molecule has 3 nitrogen and oxygen atoms in total. The molecule has 0 saturated carbocycles. The zero-order chi connectivity index (χ0) is 10.5. The van der Waals surface area contributed by atoms with Gasteiger partial charge in [-0.3, -0.25) is 0 Å². The Hall–Kier alpha value is -0.570. The first-order chi connectivity index (χ1) is 6.02. The van der Waals surface area contributed by atoms with Gasteiger partial charge in [0.2, 0.25) is 0 Å². The molecule has 0 fully saturated rings. The summed E-state index contributed by atoms with van der Waals surface area (Å²) in [6, 6.07) is 0. The number of hydrogen-bond acceptors (Lipinski definition) is 3. The van der Waals surface area contributed by atoms with Gasteiger partial charge in [-0.1, -0.05) is 20.3 Å². The van der Waals surface area contributed by atoms with Gasteiger partial charge in [0.15, 0.2) is 5.60 Å². The quantitative estimate of drug-likeness (QED) is 0.619. The van der Waals surface area contributed by atoms with Gasteiger partial charge in [0.1, 0.15) is 0 Å². The van der Waals surface area contributed by atoms with Crippen molar-refractivity contribution >= 4 is 5.97 Å². The highest BCUT2D eigenvalue weighted by molar-refractivity contribution is 5.79. The molecule has 0 aromatic rings. The number of esters is 1. The fourth-order valence-corrected chi connectivity index (χ4v) is 1.40. The second-order valence-electron chi connectivity index (χ2n) is 3.49. The maximum Gasteiger partial charge on any atom is 0.338 e. The molecule has 0 aliphatic rings. The lowest BCUT2D eigenvalue weighted by molar-refractivity contribution is -0.170. The fourth-order valence-electron chi connectivity index (χ4n) is 1.40. The Morgan fingerprint density at radius 1 is 1.46 bits per heavy atom. The van der Waals surface area contributed by atoms with Crippen LogP contribution in [0.15, 0.2) is 0 Å². The van der Waals surface area contributed by atoms with Crippen molar-refractivity contribution in [1.82, 2.24) is 0 Å². The lowest BCUT2D eigenvalue weighted by Crippen LogP contribution is -2.44. The van der Waals surface area contributed by atoms with Crippen molar-refractivity contribution in [2.45, 2.75) is 39.2 Å². The molecule has 0 saturated heterocycles. The molecule has 3 heteroatoms. The number of hydrogen-bond donors (Lipinski definition) is 0. The van der Waals surface area contributed by atoms with E-state index in [2.05, 4.69) is 6.92 Å². The third-order valence-corrected chi connectivity index (χ3v) is 2.68. The largest absolute Gasteiger partial charge is 0.467 e. The minimum Gasteiger partial charge on any atom is -0.467 e. The number of carbonyl (C=O) groups is 1. The van der Waals surface area contributed by atoms with Gasteiger partial charge in [0, 0.05) is 7.11 Å². The average molecular weight is 188 g/mol. The summed E-state index contributed by atoms with van der Waals surface area (Å²) in [6.07, 6.45) is 2.00. The molecule has 13 heavy (non-hydrogen) atoms. The van der Waals surface area contributed by atoms with Crippen molar-refractivity contribution in [1.29, 1.82) is 0 Å². The highest BCUT2D eigenvalue weighted by Gasteiger charge is 2.39. The standard InChI is InChI=1S/C10H20O3/c1-6-7-8(2)10(3,13-5)9(11)12-4/h8H,6-7H2,1-5H3. The van der Waals surface area contributed by atoms with E-state index in [-0.39, 0.29) is 11.9 Å². The van der Waals surface area contributed by atoms with Crippen LogP contribution >= 0.6 is 0 Å². The molecule has 0 rings (SSSR count). The summed E-state index contributed by atoms with van der Waals surface area (Å²) in [7, 11) is 2.93. The van der Waals surface area contributed by atoms with Gasteiger partial charge in [0.05, 0.1) is 7.11 Å². The monoisotopic (exact) mass is 188 g/mol. The maximum atomic E-state index is 11.4. The molecule has 0 aromatic heterocycles. The molecule has 0 aliphatic heterocycles. The van der Waals surface area contributed by atoms with Crippen LogP contribution in [0.1, 0.15) is 33.6 Å². The van der Waals surface area contributed by atoms with E-state index in [0.29, 0.717) is 0 Å². The predicted octanol–water partition coefficient (Wildman–Crippen LogP) is 2.00. The highest BCUT2D eigenvalue weighted by atomic mass is 16.6. The van der Waals surface area contributed by atoms with Crippen LogP contribution in [0.25, 0.3) is 0 Å². The van der Waals surface area contributed by atoms with E-state index in [1.807, 2.05) is 6.92 Å². The predicted molar refractivity (Wildman–Crippen MR) is 51.5 cm³/mol. The van der Waals surface area contributed by atoms with E-state index in [9.17, 15) is 4.79 Å². The number of methoxy groups -OCH3 is 2. The van der Waals surface area contributed by atoms with E-state index in [1.54, 1.807) is 14.0 Å². The molecule has 0 amide bonds. The minimum atomic E-state index is -0.801. The number of ether oxygens (including phenoxy) is 2. The summed E-state index contributed by atoms with van der Waals surface area (Å²) in [5, 5.41) is 0. The Morgan fingerprint density at radius 3 is 2.31 bits per heavy atom. The summed E-state index contributed by atoms with van der Waals surface area (Å²) in [4.78, 5) is 11.4. The molecule has 2 unspecified atom stereocenters. The minimum absolute atomic E-state index is 0.176. The summed E-state index contributed by atoms with van der Waals surface area (Å²) >= 11 is 0. The van der Waals surface area contributed by atoms with E-state index in [4.69, 9.17) is 9.47 Å². The zero-order valence-electron chi connectivity index (χ0n) is 9.22. The van der Waals surface area contributed by atoms with Crippen LogP contribution in [0.4, 0.5) is 0 Å². The summed E-state index contributed by atoms with van der Waals surface area (Å²) in [5.41, 5.74) is -0.801. The second kappa shape index (κ2) is 5.22. The van der Waals surface area contributed by atoms with Crippen molar-refractivity contribution in [2.75, 3.05) is 14.2 Å².